The summed E-state index contributed by atoms with van der Waals surface area (Å²) in [4.78, 5) is 38.2. The molecule has 230 valence electrons. The number of aryl methyl sites for hydroxylation is 1. The van der Waals surface area contributed by atoms with Gasteiger partial charge in [0.05, 0.1) is 33.4 Å². The third kappa shape index (κ3) is 13.1. The monoisotopic (exact) mass is 566 g/mol. The zero-order chi connectivity index (χ0) is 29.4. The van der Waals surface area contributed by atoms with E-state index in [-0.39, 0.29) is 12.4 Å². The highest BCUT2D eigenvalue weighted by molar-refractivity contribution is 5.69. The van der Waals surface area contributed by atoms with Crippen molar-refractivity contribution in [1.29, 1.82) is 0 Å². The van der Waals surface area contributed by atoms with Gasteiger partial charge in [0, 0.05) is 31.0 Å². The Bertz CT molecular complexity index is 973. The van der Waals surface area contributed by atoms with Crippen molar-refractivity contribution in [2.75, 3.05) is 33.8 Å². The maximum atomic E-state index is 12.2. The highest BCUT2D eigenvalue weighted by Gasteiger charge is 2.39. The molecule has 0 aromatic carbocycles. The molecule has 9 nitrogen and oxygen atoms in total. The number of carbonyl (C=O) groups excluding carboxylic acids is 1. The van der Waals surface area contributed by atoms with E-state index in [1.165, 1.54) is 81.4 Å². The lowest BCUT2D eigenvalue weighted by Gasteiger charge is -2.33. The van der Waals surface area contributed by atoms with Crippen molar-refractivity contribution in [2.24, 2.45) is 0 Å². The smallest absolute Gasteiger partial charge is 0.330 e. The molecule has 0 spiro atoms. The molecule has 0 radical (unpaired) electrons. The molecule has 1 aromatic rings. The standard InChI is InChI=1S/C31H55N3O6/c1-5-6-7-8-9-10-11-12-13-14-15-16-17-19-29(36)39-21-18-20-34(3,4)24-27-26(35)22-28(40-27)33-23-25(2)30(37)32-31(33)38/h23,26-28,35H,5-22,24H2,1-4H3/p+1/t26-,27+,28+/m0/s1. The number of hydrogen-bond donors (Lipinski definition) is 2. The van der Waals surface area contributed by atoms with Gasteiger partial charge in [-0.05, 0) is 13.3 Å². The maximum Gasteiger partial charge on any atom is 0.330 e. The van der Waals surface area contributed by atoms with Crippen LogP contribution in [0.2, 0.25) is 0 Å². The van der Waals surface area contributed by atoms with Gasteiger partial charge in [-0.3, -0.25) is 19.1 Å². The van der Waals surface area contributed by atoms with Crippen LogP contribution in [0.1, 0.15) is 121 Å². The van der Waals surface area contributed by atoms with E-state index in [1.807, 2.05) is 0 Å². The molecule has 2 N–H and O–H groups in total. The van der Waals surface area contributed by atoms with Gasteiger partial charge in [0.1, 0.15) is 18.9 Å². The first kappa shape index (κ1) is 34.2. The van der Waals surface area contributed by atoms with Gasteiger partial charge >= 0.3 is 11.7 Å². The van der Waals surface area contributed by atoms with Gasteiger partial charge in [-0.25, -0.2) is 4.79 Å². The minimum atomic E-state index is -0.709. The van der Waals surface area contributed by atoms with E-state index in [0.29, 0.717) is 29.6 Å². The molecule has 2 heterocycles. The van der Waals surface area contributed by atoms with Crippen LogP contribution in [0.4, 0.5) is 0 Å². The fourth-order valence-corrected chi connectivity index (χ4v) is 5.47. The number of unbranched alkanes of at least 4 members (excludes halogenated alkanes) is 12. The number of likely N-dealkylation sites (N-methyl/N-ethyl adjacent to an activating group) is 1. The number of quaternary nitrogens is 1. The Morgan fingerprint density at radius 1 is 1.00 bits per heavy atom. The highest BCUT2D eigenvalue weighted by Crippen LogP contribution is 2.29. The molecule has 0 unspecified atom stereocenters. The van der Waals surface area contributed by atoms with E-state index >= 15 is 0 Å². The molecule has 0 bridgehead atoms. The van der Waals surface area contributed by atoms with E-state index in [0.717, 1.165) is 25.8 Å². The summed E-state index contributed by atoms with van der Waals surface area (Å²) in [5, 5.41) is 10.6. The largest absolute Gasteiger partial charge is 0.465 e. The van der Waals surface area contributed by atoms with Gasteiger partial charge in [-0.1, -0.05) is 84.0 Å². The fourth-order valence-electron chi connectivity index (χ4n) is 5.47. The Labute approximate surface area is 240 Å². The first-order valence-corrected chi connectivity index (χ1v) is 15.8. The second kappa shape index (κ2) is 18.5. The quantitative estimate of drug-likeness (QED) is 0.123. The molecule has 1 aliphatic rings. The van der Waals surface area contributed by atoms with Crippen LogP contribution in [0.15, 0.2) is 15.8 Å². The van der Waals surface area contributed by atoms with Crippen LogP contribution in [-0.2, 0) is 14.3 Å². The number of esters is 1. The molecule has 0 saturated carbocycles. The van der Waals surface area contributed by atoms with Gasteiger partial charge in [0.2, 0.25) is 0 Å². The summed E-state index contributed by atoms with van der Waals surface area (Å²) in [5.41, 5.74) is -0.539. The van der Waals surface area contributed by atoms with Gasteiger partial charge in [0.25, 0.3) is 5.56 Å². The Kier molecular flexibility index (Phi) is 15.8. The number of aromatic nitrogens is 2. The van der Waals surface area contributed by atoms with Gasteiger partial charge in [-0.15, -0.1) is 0 Å². The molecule has 2 rings (SSSR count). The summed E-state index contributed by atoms with van der Waals surface area (Å²) in [6.07, 6.45) is 17.9. The molecule has 0 aliphatic carbocycles. The SMILES string of the molecule is CCCCCCCCCCCCCCCC(=O)OCCC[N+](C)(C)C[C@H]1O[C@@H](n2cc(C)c(=O)[nH]c2=O)C[C@@H]1O. The molecule has 1 aromatic heterocycles. The number of nitrogens with zero attached hydrogens (tertiary/aromatic N) is 2. The molecule has 3 atom stereocenters. The Morgan fingerprint density at radius 2 is 1.57 bits per heavy atom. The molecule has 40 heavy (non-hydrogen) atoms. The van der Waals surface area contributed by atoms with Crippen molar-refractivity contribution in [1.82, 2.24) is 9.55 Å². The van der Waals surface area contributed by atoms with Crippen molar-refractivity contribution in [2.45, 2.75) is 135 Å². The zero-order valence-corrected chi connectivity index (χ0v) is 25.6. The molecule has 1 fully saturated rings. The number of aliphatic hydroxyl groups is 1. The van der Waals surface area contributed by atoms with Gasteiger partial charge in [-0.2, -0.15) is 0 Å². The first-order chi connectivity index (χ1) is 19.1. The number of aliphatic hydroxyl groups excluding tert-OH is 1. The third-order valence-electron chi connectivity index (χ3n) is 7.99. The van der Waals surface area contributed by atoms with Crippen LogP contribution in [0.5, 0.6) is 0 Å². The average Bonchev–Trinajstić information content (AvgIpc) is 3.25. The van der Waals surface area contributed by atoms with E-state index in [2.05, 4.69) is 26.0 Å². The van der Waals surface area contributed by atoms with E-state index in [1.54, 1.807) is 6.92 Å². The minimum Gasteiger partial charge on any atom is -0.465 e. The van der Waals surface area contributed by atoms with Crippen molar-refractivity contribution in [3.63, 3.8) is 0 Å². The number of hydrogen-bond acceptors (Lipinski definition) is 6. The normalized spacial score (nSPS) is 19.3. The van der Waals surface area contributed by atoms with Crippen LogP contribution in [0, 0.1) is 6.92 Å². The van der Waals surface area contributed by atoms with Crippen LogP contribution >= 0.6 is 0 Å². The molecule has 9 heteroatoms. The van der Waals surface area contributed by atoms with Crippen molar-refractivity contribution in [3.8, 4) is 0 Å². The lowest BCUT2D eigenvalue weighted by Crippen LogP contribution is -2.48. The topological polar surface area (TPSA) is 111 Å². The second-order valence-electron chi connectivity index (χ2n) is 12.3. The first-order valence-electron chi connectivity index (χ1n) is 15.8. The van der Waals surface area contributed by atoms with Crippen molar-refractivity contribution in [3.05, 3.63) is 32.6 Å². The summed E-state index contributed by atoms with van der Waals surface area (Å²) in [7, 11) is 4.10. The number of rotatable bonds is 21. The molecule has 1 aliphatic heterocycles. The van der Waals surface area contributed by atoms with E-state index in [4.69, 9.17) is 9.47 Å². The highest BCUT2D eigenvalue weighted by atomic mass is 16.5. The predicted octanol–water partition coefficient (Wildman–Crippen LogP) is 4.98. The summed E-state index contributed by atoms with van der Waals surface area (Å²) < 4.78 is 13.4. The van der Waals surface area contributed by atoms with Gasteiger partial charge < -0.3 is 19.1 Å². The Morgan fingerprint density at radius 3 is 2.17 bits per heavy atom. The molecule has 0 amide bonds. The third-order valence-corrected chi connectivity index (χ3v) is 7.99. The summed E-state index contributed by atoms with van der Waals surface area (Å²) in [5.74, 6) is -0.118. The summed E-state index contributed by atoms with van der Waals surface area (Å²) in [6, 6.07) is 0. The van der Waals surface area contributed by atoms with Crippen LogP contribution in [0.3, 0.4) is 0 Å². The maximum absolute atomic E-state index is 12.2. The molecular formula is C31H56N3O6+. The molecule has 1 saturated heterocycles. The minimum absolute atomic E-state index is 0.118. The van der Waals surface area contributed by atoms with Crippen molar-refractivity contribution < 1.29 is 23.9 Å². The van der Waals surface area contributed by atoms with E-state index < -0.39 is 29.7 Å². The number of carbonyl (C=O) groups is 1. The molecular weight excluding hydrogens is 510 g/mol. The van der Waals surface area contributed by atoms with Crippen LogP contribution in [0.25, 0.3) is 0 Å². The van der Waals surface area contributed by atoms with Crippen LogP contribution < -0.4 is 11.2 Å². The average molecular weight is 567 g/mol. The summed E-state index contributed by atoms with van der Waals surface area (Å²) in [6.45, 7) is 5.60. The van der Waals surface area contributed by atoms with E-state index in [9.17, 15) is 19.5 Å². The van der Waals surface area contributed by atoms with Crippen LogP contribution in [-0.4, -0.2) is 71.1 Å². The number of H-pyrrole nitrogens is 1. The lowest BCUT2D eigenvalue weighted by atomic mass is 10.0. The predicted molar refractivity (Wildman–Crippen MR) is 158 cm³/mol. The lowest BCUT2D eigenvalue weighted by molar-refractivity contribution is -0.893. The van der Waals surface area contributed by atoms with Gasteiger partial charge in [0.15, 0.2) is 0 Å². The fraction of sp³-hybridized carbons (Fsp3) is 0.839. The second-order valence-corrected chi connectivity index (χ2v) is 12.3. The number of ether oxygens (including phenoxy) is 2. The zero-order valence-electron chi connectivity index (χ0n) is 25.6. The summed E-state index contributed by atoms with van der Waals surface area (Å²) >= 11 is 0. The Hall–Kier alpha value is -1.97. The van der Waals surface area contributed by atoms with Crippen molar-refractivity contribution >= 4 is 5.97 Å². The number of aromatic amines is 1. The Balaban J connectivity index is 1.52. The number of nitrogens with one attached hydrogen (secondary N) is 1.